The van der Waals surface area contributed by atoms with Crippen LogP contribution >= 0.6 is 0 Å². The van der Waals surface area contributed by atoms with Crippen molar-refractivity contribution < 1.29 is 4.74 Å². The van der Waals surface area contributed by atoms with E-state index in [0.29, 0.717) is 17.9 Å². The first-order chi connectivity index (χ1) is 9.83. The molecule has 0 heterocycles. The van der Waals surface area contributed by atoms with Crippen molar-refractivity contribution in [3.05, 3.63) is 71.3 Å². The maximum Gasteiger partial charge on any atom is 0.138 e. The Morgan fingerprint density at radius 3 is 2.55 bits per heavy atom. The van der Waals surface area contributed by atoms with Gasteiger partial charge >= 0.3 is 0 Å². The van der Waals surface area contributed by atoms with Crippen molar-refractivity contribution in [3.63, 3.8) is 0 Å². The van der Waals surface area contributed by atoms with Crippen LogP contribution in [-0.4, -0.2) is 0 Å². The standard InChI is InChI=1S/C17H12N2O/c18-10-4-7-14-8-9-16(12-19)17(11-14)20-13-15-5-2-1-3-6-15/h1-9,11H,13H2. The van der Waals surface area contributed by atoms with E-state index in [0.717, 1.165) is 11.1 Å². The highest BCUT2D eigenvalue weighted by molar-refractivity contribution is 5.57. The molecule has 0 N–H and O–H groups in total. The van der Waals surface area contributed by atoms with Crippen molar-refractivity contribution in [2.24, 2.45) is 0 Å². The fraction of sp³-hybridized carbons (Fsp3) is 0.0588. The van der Waals surface area contributed by atoms with Crippen molar-refractivity contribution in [1.82, 2.24) is 0 Å². The smallest absolute Gasteiger partial charge is 0.138 e. The molecule has 2 aromatic carbocycles. The van der Waals surface area contributed by atoms with Gasteiger partial charge in [-0.3, -0.25) is 0 Å². The van der Waals surface area contributed by atoms with Crippen LogP contribution in [0.3, 0.4) is 0 Å². The van der Waals surface area contributed by atoms with E-state index < -0.39 is 0 Å². The minimum atomic E-state index is 0.404. The van der Waals surface area contributed by atoms with Gasteiger partial charge in [0.05, 0.1) is 11.6 Å². The van der Waals surface area contributed by atoms with E-state index in [-0.39, 0.29) is 0 Å². The van der Waals surface area contributed by atoms with Crippen molar-refractivity contribution in [2.75, 3.05) is 0 Å². The van der Waals surface area contributed by atoms with Gasteiger partial charge in [0.15, 0.2) is 0 Å². The molecule has 0 atom stereocenters. The first-order valence-electron chi connectivity index (χ1n) is 6.10. The minimum absolute atomic E-state index is 0.404. The van der Waals surface area contributed by atoms with E-state index in [2.05, 4.69) is 6.07 Å². The van der Waals surface area contributed by atoms with E-state index in [1.807, 2.05) is 36.4 Å². The van der Waals surface area contributed by atoms with Gasteiger partial charge in [0.25, 0.3) is 0 Å². The zero-order chi connectivity index (χ0) is 14.2. The summed E-state index contributed by atoms with van der Waals surface area (Å²) in [5.74, 6) is 0.524. The number of ether oxygens (including phenoxy) is 1. The lowest BCUT2D eigenvalue weighted by Crippen LogP contribution is -1.97. The first kappa shape index (κ1) is 13.4. The molecule has 0 bridgehead atoms. The molecule has 3 nitrogen and oxygen atoms in total. The molecule has 2 rings (SSSR count). The van der Waals surface area contributed by atoms with Crippen LogP contribution in [0.5, 0.6) is 5.75 Å². The molecular formula is C17H12N2O. The van der Waals surface area contributed by atoms with Crippen LogP contribution in [0.4, 0.5) is 0 Å². The summed E-state index contributed by atoms with van der Waals surface area (Å²) in [6.07, 6.45) is 3.07. The van der Waals surface area contributed by atoms with Crippen LogP contribution in [0.15, 0.2) is 54.6 Å². The average molecular weight is 260 g/mol. The highest BCUT2D eigenvalue weighted by Gasteiger charge is 2.04. The maximum absolute atomic E-state index is 9.08. The van der Waals surface area contributed by atoms with Gasteiger partial charge in [0, 0.05) is 6.08 Å². The third-order valence-corrected chi connectivity index (χ3v) is 2.71. The Kier molecular flexibility index (Phi) is 4.54. The molecule has 20 heavy (non-hydrogen) atoms. The topological polar surface area (TPSA) is 56.8 Å². The number of nitriles is 2. The lowest BCUT2D eigenvalue weighted by Gasteiger charge is -2.08. The Morgan fingerprint density at radius 1 is 1.05 bits per heavy atom. The molecule has 0 aliphatic carbocycles. The van der Waals surface area contributed by atoms with E-state index in [4.69, 9.17) is 15.3 Å². The third kappa shape index (κ3) is 3.48. The SMILES string of the molecule is N#CC=Cc1ccc(C#N)c(OCc2ccccc2)c1. The fourth-order valence-electron chi connectivity index (χ4n) is 1.72. The second-order valence-electron chi connectivity index (χ2n) is 4.10. The summed E-state index contributed by atoms with van der Waals surface area (Å²) in [5, 5.41) is 17.6. The van der Waals surface area contributed by atoms with E-state index >= 15 is 0 Å². The van der Waals surface area contributed by atoms with Crippen LogP contribution in [0.25, 0.3) is 6.08 Å². The normalized spacial score (nSPS) is 9.90. The van der Waals surface area contributed by atoms with Gasteiger partial charge in [-0.05, 0) is 29.3 Å². The lowest BCUT2D eigenvalue weighted by atomic mass is 10.1. The molecule has 0 amide bonds. The van der Waals surface area contributed by atoms with Crippen molar-refractivity contribution >= 4 is 6.08 Å². The van der Waals surface area contributed by atoms with Gasteiger partial charge in [-0.15, -0.1) is 0 Å². The molecule has 96 valence electrons. The Balaban J connectivity index is 2.19. The fourth-order valence-corrected chi connectivity index (χ4v) is 1.72. The van der Waals surface area contributed by atoms with Crippen molar-refractivity contribution in [2.45, 2.75) is 6.61 Å². The molecule has 0 saturated carbocycles. The number of nitrogens with zero attached hydrogens (tertiary/aromatic N) is 2. The third-order valence-electron chi connectivity index (χ3n) is 2.71. The Morgan fingerprint density at radius 2 is 1.85 bits per heavy atom. The zero-order valence-electron chi connectivity index (χ0n) is 10.8. The van der Waals surface area contributed by atoms with Gasteiger partial charge in [0.2, 0.25) is 0 Å². The molecule has 0 fully saturated rings. The lowest BCUT2D eigenvalue weighted by molar-refractivity contribution is 0.305. The monoisotopic (exact) mass is 260 g/mol. The van der Waals surface area contributed by atoms with Crippen LogP contribution in [0.1, 0.15) is 16.7 Å². The summed E-state index contributed by atoms with van der Waals surface area (Å²) in [5.41, 5.74) is 2.35. The predicted octanol–water partition coefficient (Wildman–Crippen LogP) is 3.67. The van der Waals surface area contributed by atoms with Crippen molar-refractivity contribution in [1.29, 1.82) is 10.5 Å². The predicted molar refractivity (Wildman–Crippen MR) is 76.6 cm³/mol. The van der Waals surface area contributed by atoms with E-state index in [1.54, 1.807) is 24.3 Å². The molecule has 0 unspecified atom stereocenters. The number of hydrogen-bond donors (Lipinski definition) is 0. The number of allylic oxidation sites excluding steroid dienone is 1. The quantitative estimate of drug-likeness (QED) is 0.788. The molecule has 2 aromatic rings. The van der Waals surface area contributed by atoms with Crippen LogP contribution < -0.4 is 4.74 Å². The van der Waals surface area contributed by atoms with Crippen LogP contribution in [0.2, 0.25) is 0 Å². The van der Waals surface area contributed by atoms with Crippen LogP contribution in [0, 0.1) is 22.7 Å². The van der Waals surface area contributed by atoms with Gasteiger partial charge in [-0.25, -0.2) is 0 Å². The Hall–Kier alpha value is -3.04. The Bertz CT molecular complexity index is 691. The second-order valence-corrected chi connectivity index (χ2v) is 4.10. The van der Waals surface area contributed by atoms with E-state index in [1.165, 1.54) is 6.08 Å². The molecule has 0 spiro atoms. The summed E-state index contributed by atoms with van der Waals surface area (Å²) < 4.78 is 5.70. The maximum atomic E-state index is 9.08. The highest BCUT2D eigenvalue weighted by atomic mass is 16.5. The molecule has 0 aliphatic rings. The van der Waals surface area contributed by atoms with E-state index in [9.17, 15) is 0 Å². The van der Waals surface area contributed by atoms with Gasteiger partial charge in [0.1, 0.15) is 18.4 Å². The van der Waals surface area contributed by atoms with Crippen LogP contribution in [-0.2, 0) is 6.61 Å². The molecule has 3 heteroatoms. The minimum Gasteiger partial charge on any atom is -0.488 e. The largest absolute Gasteiger partial charge is 0.488 e. The Labute approximate surface area is 118 Å². The molecule has 0 aliphatic heterocycles. The number of hydrogen-bond acceptors (Lipinski definition) is 3. The summed E-state index contributed by atoms with van der Waals surface area (Å²) in [7, 11) is 0. The second kappa shape index (κ2) is 6.78. The van der Waals surface area contributed by atoms with Crippen molar-refractivity contribution in [3.8, 4) is 17.9 Å². The summed E-state index contributed by atoms with van der Waals surface area (Å²) in [4.78, 5) is 0. The summed E-state index contributed by atoms with van der Waals surface area (Å²) in [6.45, 7) is 0.404. The average Bonchev–Trinajstić information content (AvgIpc) is 2.52. The van der Waals surface area contributed by atoms with Gasteiger partial charge < -0.3 is 4.74 Å². The molecule has 0 aromatic heterocycles. The summed E-state index contributed by atoms with van der Waals surface area (Å²) in [6, 6.07) is 19.0. The van der Waals surface area contributed by atoms with Gasteiger partial charge in [-0.2, -0.15) is 10.5 Å². The van der Waals surface area contributed by atoms with Gasteiger partial charge in [-0.1, -0.05) is 36.4 Å². The first-order valence-corrected chi connectivity index (χ1v) is 6.10. The zero-order valence-corrected chi connectivity index (χ0v) is 10.8. The number of rotatable bonds is 4. The summed E-state index contributed by atoms with van der Waals surface area (Å²) >= 11 is 0. The molecule has 0 radical (unpaired) electrons. The molecule has 0 saturated heterocycles. The number of benzene rings is 2. The highest BCUT2D eigenvalue weighted by Crippen LogP contribution is 2.21. The molecular weight excluding hydrogens is 248 g/mol.